The number of carboxylic acid groups (broad SMARTS) is 2. The molecule has 0 aromatic heterocycles. The van der Waals surface area contributed by atoms with Gasteiger partial charge in [0.25, 0.3) is 0 Å². The maximum absolute atomic E-state index is 11.7. The van der Waals surface area contributed by atoms with Crippen LogP contribution in [0, 0.1) is 0 Å². The van der Waals surface area contributed by atoms with Gasteiger partial charge in [-0.05, 0) is 12.8 Å². The van der Waals surface area contributed by atoms with E-state index < -0.39 is 36.2 Å². The molecule has 0 aromatic rings. The Balaban J connectivity index is 2.51. The Hall–Kier alpha value is -1.47. The van der Waals surface area contributed by atoms with Crippen LogP contribution in [0.4, 0.5) is 0 Å². The molecule has 0 bridgehead atoms. The first-order chi connectivity index (χ1) is 9.40. The normalized spacial score (nSPS) is 19.2. The van der Waals surface area contributed by atoms with Crippen molar-refractivity contribution in [2.24, 2.45) is 5.73 Å². The highest BCUT2D eigenvalue weighted by Crippen LogP contribution is 2.18. The van der Waals surface area contributed by atoms with Gasteiger partial charge in [-0.3, -0.25) is 14.4 Å². The monoisotopic (exact) mass is 286 g/mol. The van der Waals surface area contributed by atoms with E-state index in [2.05, 4.69) is 5.32 Å². The standard InChI is InChI=1S/C13H22N2O5/c14-9(6-12(17)18)11(16)7-10(13(19)20)15-8-4-2-1-3-5-8/h8-10,15H,1-7,14H2,(H,17,18)(H,19,20)/t9?,10-/m0/s1. The molecule has 7 heteroatoms. The quantitative estimate of drug-likeness (QED) is 0.498. The topological polar surface area (TPSA) is 130 Å². The number of aliphatic carboxylic acids is 2. The Morgan fingerprint density at radius 3 is 2.20 bits per heavy atom. The lowest BCUT2D eigenvalue weighted by molar-refractivity contribution is -0.142. The molecule has 114 valence electrons. The summed E-state index contributed by atoms with van der Waals surface area (Å²) in [7, 11) is 0. The second-order valence-electron chi connectivity index (χ2n) is 5.27. The van der Waals surface area contributed by atoms with Gasteiger partial charge in [0.2, 0.25) is 0 Å². The van der Waals surface area contributed by atoms with Crippen molar-refractivity contribution < 1.29 is 24.6 Å². The van der Waals surface area contributed by atoms with Crippen molar-refractivity contribution in [1.82, 2.24) is 5.32 Å². The van der Waals surface area contributed by atoms with Gasteiger partial charge >= 0.3 is 11.9 Å². The highest BCUT2D eigenvalue weighted by Gasteiger charge is 2.28. The minimum atomic E-state index is -1.17. The van der Waals surface area contributed by atoms with Crippen LogP contribution in [-0.2, 0) is 14.4 Å². The number of ketones is 1. The summed E-state index contributed by atoms with van der Waals surface area (Å²) in [5.41, 5.74) is 5.45. The van der Waals surface area contributed by atoms with E-state index in [1.54, 1.807) is 0 Å². The van der Waals surface area contributed by atoms with E-state index in [0.29, 0.717) is 0 Å². The van der Waals surface area contributed by atoms with E-state index in [0.717, 1.165) is 32.1 Å². The number of carboxylic acids is 2. The molecule has 0 heterocycles. The van der Waals surface area contributed by atoms with Crippen LogP contribution in [0.5, 0.6) is 0 Å². The number of hydrogen-bond donors (Lipinski definition) is 4. The lowest BCUT2D eigenvalue weighted by Crippen LogP contribution is -2.47. The molecule has 1 rings (SSSR count). The Labute approximate surface area is 117 Å². The zero-order valence-corrected chi connectivity index (χ0v) is 11.4. The molecule has 0 amide bonds. The summed E-state index contributed by atoms with van der Waals surface area (Å²) in [5.74, 6) is -2.81. The molecule has 5 N–H and O–H groups in total. The molecule has 0 aliphatic heterocycles. The molecule has 20 heavy (non-hydrogen) atoms. The first-order valence-electron chi connectivity index (χ1n) is 6.89. The van der Waals surface area contributed by atoms with E-state index in [1.807, 2.05) is 0 Å². The Bertz CT molecular complexity index is 366. The zero-order valence-electron chi connectivity index (χ0n) is 11.4. The summed E-state index contributed by atoms with van der Waals surface area (Å²) >= 11 is 0. The fraction of sp³-hybridized carbons (Fsp3) is 0.769. The zero-order chi connectivity index (χ0) is 15.1. The van der Waals surface area contributed by atoms with Crippen molar-refractivity contribution in [3.8, 4) is 0 Å². The van der Waals surface area contributed by atoms with Crippen molar-refractivity contribution in [1.29, 1.82) is 0 Å². The summed E-state index contributed by atoms with van der Waals surface area (Å²) in [6.07, 6.45) is 4.30. The molecule has 0 saturated heterocycles. The molecule has 1 saturated carbocycles. The van der Waals surface area contributed by atoms with Crippen LogP contribution >= 0.6 is 0 Å². The molecule has 2 atom stereocenters. The third kappa shape index (κ3) is 5.66. The van der Waals surface area contributed by atoms with E-state index >= 15 is 0 Å². The van der Waals surface area contributed by atoms with E-state index in [-0.39, 0.29) is 12.5 Å². The number of rotatable bonds is 8. The van der Waals surface area contributed by atoms with Crippen LogP contribution in [0.25, 0.3) is 0 Å². The Morgan fingerprint density at radius 2 is 1.70 bits per heavy atom. The maximum Gasteiger partial charge on any atom is 0.321 e. The van der Waals surface area contributed by atoms with Crippen molar-refractivity contribution >= 4 is 17.7 Å². The summed E-state index contributed by atoms with van der Waals surface area (Å²) in [5, 5.41) is 20.7. The average molecular weight is 286 g/mol. The van der Waals surface area contributed by atoms with Gasteiger partial charge in [0.1, 0.15) is 6.04 Å². The highest BCUT2D eigenvalue weighted by molar-refractivity contribution is 5.91. The minimum absolute atomic E-state index is 0.105. The maximum atomic E-state index is 11.7. The second-order valence-corrected chi connectivity index (χ2v) is 5.27. The third-order valence-corrected chi connectivity index (χ3v) is 3.55. The SMILES string of the molecule is NC(CC(=O)O)C(=O)C[C@H](NC1CCCCC1)C(=O)O. The predicted molar refractivity (Wildman–Crippen MR) is 71.3 cm³/mol. The van der Waals surface area contributed by atoms with E-state index in [9.17, 15) is 14.4 Å². The fourth-order valence-electron chi connectivity index (χ4n) is 2.43. The summed E-state index contributed by atoms with van der Waals surface area (Å²) in [6.45, 7) is 0. The first-order valence-corrected chi connectivity index (χ1v) is 6.89. The van der Waals surface area contributed by atoms with Crippen molar-refractivity contribution in [2.75, 3.05) is 0 Å². The van der Waals surface area contributed by atoms with Gasteiger partial charge in [-0.25, -0.2) is 0 Å². The number of nitrogens with one attached hydrogen (secondary N) is 1. The highest BCUT2D eigenvalue weighted by atomic mass is 16.4. The number of hydrogen-bond acceptors (Lipinski definition) is 5. The number of carbonyl (C=O) groups is 3. The average Bonchev–Trinajstić information content (AvgIpc) is 2.38. The molecular weight excluding hydrogens is 264 g/mol. The second kappa shape index (κ2) is 7.96. The van der Waals surface area contributed by atoms with Crippen molar-refractivity contribution in [2.45, 2.75) is 63.1 Å². The van der Waals surface area contributed by atoms with Crippen LogP contribution in [-0.4, -0.2) is 46.1 Å². The number of nitrogens with two attached hydrogens (primary N) is 1. The number of carbonyl (C=O) groups excluding carboxylic acids is 1. The van der Waals surface area contributed by atoms with Crippen LogP contribution in [0.1, 0.15) is 44.9 Å². The summed E-state index contributed by atoms with van der Waals surface area (Å²) < 4.78 is 0. The predicted octanol–water partition coefficient (Wildman–Crippen LogP) is 0.123. The number of Topliss-reactive ketones (excluding diaryl/α,β-unsaturated/α-hetero) is 1. The van der Waals surface area contributed by atoms with Crippen LogP contribution in [0.3, 0.4) is 0 Å². The van der Waals surface area contributed by atoms with E-state index in [4.69, 9.17) is 15.9 Å². The van der Waals surface area contributed by atoms with E-state index in [1.165, 1.54) is 0 Å². The molecule has 1 aliphatic carbocycles. The van der Waals surface area contributed by atoms with Gasteiger partial charge < -0.3 is 21.3 Å². The van der Waals surface area contributed by atoms with Crippen LogP contribution < -0.4 is 11.1 Å². The largest absolute Gasteiger partial charge is 0.481 e. The van der Waals surface area contributed by atoms with Gasteiger partial charge in [0, 0.05) is 12.5 Å². The molecule has 0 aromatic carbocycles. The lowest BCUT2D eigenvalue weighted by atomic mass is 9.94. The van der Waals surface area contributed by atoms with Crippen LogP contribution in [0.15, 0.2) is 0 Å². The molecule has 0 radical (unpaired) electrons. The van der Waals surface area contributed by atoms with Crippen LogP contribution in [0.2, 0.25) is 0 Å². The lowest BCUT2D eigenvalue weighted by Gasteiger charge is -2.26. The van der Waals surface area contributed by atoms with Crippen molar-refractivity contribution in [3.63, 3.8) is 0 Å². The Kier molecular flexibility index (Phi) is 6.60. The first kappa shape index (κ1) is 16.6. The molecule has 1 fully saturated rings. The fourth-order valence-corrected chi connectivity index (χ4v) is 2.43. The molecule has 7 nitrogen and oxygen atoms in total. The van der Waals surface area contributed by atoms with Gasteiger partial charge in [0.05, 0.1) is 12.5 Å². The summed E-state index contributed by atoms with van der Waals surface area (Å²) in [6, 6.07) is -2.04. The van der Waals surface area contributed by atoms with Gasteiger partial charge in [-0.2, -0.15) is 0 Å². The molecule has 1 unspecified atom stereocenters. The minimum Gasteiger partial charge on any atom is -0.481 e. The molecular formula is C13H22N2O5. The van der Waals surface area contributed by atoms with Gasteiger partial charge in [-0.15, -0.1) is 0 Å². The smallest absolute Gasteiger partial charge is 0.321 e. The molecule has 1 aliphatic rings. The van der Waals surface area contributed by atoms with Gasteiger partial charge in [-0.1, -0.05) is 19.3 Å². The Morgan fingerprint density at radius 1 is 1.10 bits per heavy atom. The third-order valence-electron chi connectivity index (χ3n) is 3.55. The van der Waals surface area contributed by atoms with Crippen molar-refractivity contribution in [3.05, 3.63) is 0 Å². The molecule has 0 spiro atoms. The van der Waals surface area contributed by atoms with Gasteiger partial charge in [0.15, 0.2) is 5.78 Å². The summed E-state index contributed by atoms with van der Waals surface area (Å²) in [4.78, 5) is 33.4.